The second-order valence-corrected chi connectivity index (χ2v) is 2.47. The number of carbonyl (C=O) groups is 1. The van der Waals surface area contributed by atoms with E-state index in [4.69, 9.17) is 0 Å². The molecule has 4 heteroatoms. The van der Waals surface area contributed by atoms with Crippen LogP contribution in [0, 0.1) is 6.92 Å². The summed E-state index contributed by atoms with van der Waals surface area (Å²) in [4.78, 5) is 18.5. The summed E-state index contributed by atoms with van der Waals surface area (Å²) in [6.45, 7) is 2.30. The summed E-state index contributed by atoms with van der Waals surface area (Å²) in [7, 11) is 0. The SMILES string of the molecule is CC(=O)c1cnc(C)nc1CF. The molecule has 0 saturated heterocycles. The highest BCUT2D eigenvalue weighted by Crippen LogP contribution is 2.07. The summed E-state index contributed by atoms with van der Waals surface area (Å²) >= 11 is 0. The minimum absolute atomic E-state index is 0.176. The Morgan fingerprint density at radius 1 is 1.67 bits per heavy atom. The van der Waals surface area contributed by atoms with E-state index in [0.717, 1.165) is 0 Å². The maximum absolute atomic E-state index is 12.3. The third-order valence-electron chi connectivity index (χ3n) is 1.49. The molecule has 0 aliphatic rings. The van der Waals surface area contributed by atoms with Crippen molar-refractivity contribution in [1.29, 1.82) is 0 Å². The number of halogens is 1. The van der Waals surface area contributed by atoms with E-state index in [1.54, 1.807) is 6.92 Å². The zero-order valence-electron chi connectivity index (χ0n) is 6.97. The van der Waals surface area contributed by atoms with Gasteiger partial charge in [-0.3, -0.25) is 4.79 Å². The Balaban J connectivity index is 3.20. The number of rotatable bonds is 2. The van der Waals surface area contributed by atoms with Crippen LogP contribution in [0.4, 0.5) is 4.39 Å². The van der Waals surface area contributed by atoms with Crippen LogP contribution >= 0.6 is 0 Å². The fraction of sp³-hybridized carbons (Fsp3) is 0.375. The van der Waals surface area contributed by atoms with Crippen LogP contribution in [-0.2, 0) is 6.67 Å². The number of nitrogens with zero attached hydrogens (tertiary/aromatic N) is 2. The molecule has 1 aromatic heterocycles. The van der Waals surface area contributed by atoms with Crippen LogP contribution in [0.5, 0.6) is 0 Å². The van der Waals surface area contributed by atoms with Crippen molar-refractivity contribution in [2.75, 3.05) is 0 Å². The van der Waals surface area contributed by atoms with Crippen molar-refractivity contribution in [2.24, 2.45) is 0 Å². The first-order chi connectivity index (χ1) is 5.65. The standard InChI is InChI=1S/C8H9FN2O/c1-5(12)7-4-10-6(2)11-8(7)3-9/h4H,3H2,1-2H3. The lowest BCUT2D eigenvalue weighted by Crippen LogP contribution is -2.04. The lowest BCUT2D eigenvalue weighted by Gasteiger charge is -2.01. The van der Waals surface area contributed by atoms with Gasteiger partial charge in [-0.2, -0.15) is 0 Å². The zero-order valence-corrected chi connectivity index (χ0v) is 6.97. The van der Waals surface area contributed by atoms with E-state index in [1.165, 1.54) is 13.1 Å². The number of aryl methyl sites for hydroxylation is 1. The molecule has 0 radical (unpaired) electrons. The smallest absolute Gasteiger partial charge is 0.163 e. The highest BCUT2D eigenvalue weighted by atomic mass is 19.1. The molecule has 0 N–H and O–H groups in total. The predicted octanol–water partition coefficient (Wildman–Crippen LogP) is 1.46. The van der Waals surface area contributed by atoms with Crippen LogP contribution in [0.1, 0.15) is 28.8 Å². The van der Waals surface area contributed by atoms with Crippen LogP contribution in [-0.4, -0.2) is 15.8 Å². The van der Waals surface area contributed by atoms with Gasteiger partial charge in [-0.05, 0) is 13.8 Å². The van der Waals surface area contributed by atoms with Crippen molar-refractivity contribution in [3.05, 3.63) is 23.3 Å². The van der Waals surface area contributed by atoms with E-state index < -0.39 is 6.67 Å². The number of ketones is 1. The number of aromatic nitrogens is 2. The average molecular weight is 168 g/mol. The van der Waals surface area contributed by atoms with Gasteiger partial charge in [-0.25, -0.2) is 14.4 Å². The van der Waals surface area contributed by atoms with Gasteiger partial charge in [-0.1, -0.05) is 0 Å². The molecule has 1 rings (SSSR count). The lowest BCUT2D eigenvalue weighted by atomic mass is 10.2. The topological polar surface area (TPSA) is 42.9 Å². The molecule has 1 heterocycles. The molecule has 3 nitrogen and oxygen atoms in total. The van der Waals surface area contributed by atoms with E-state index in [0.29, 0.717) is 5.82 Å². The van der Waals surface area contributed by atoms with Gasteiger partial charge in [0.2, 0.25) is 0 Å². The van der Waals surface area contributed by atoms with E-state index >= 15 is 0 Å². The first-order valence-corrected chi connectivity index (χ1v) is 3.54. The molecule has 0 spiro atoms. The fourth-order valence-electron chi connectivity index (χ4n) is 0.913. The first kappa shape index (κ1) is 8.77. The maximum Gasteiger partial charge on any atom is 0.163 e. The predicted molar refractivity (Wildman–Crippen MR) is 41.6 cm³/mol. The molecule has 0 fully saturated rings. The van der Waals surface area contributed by atoms with Gasteiger partial charge in [0.05, 0.1) is 11.3 Å². The number of hydrogen-bond donors (Lipinski definition) is 0. The quantitative estimate of drug-likeness (QED) is 0.628. The molecule has 0 unspecified atom stereocenters. The third-order valence-corrected chi connectivity index (χ3v) is 1.49. The molecule has 0 aliphatic heterocycles. The van der Waals surface area contributed by atoms with Crippen molar-refractivity contribution in [2.45, 2.75) is 20.5 Å². The molecule has 12 heavy (non-hydrogen) atoms. The average Bonchev–Trinajstić information content (AvgIpc) is 2.03. The monoisotopic (exact) mass is 168 g/mol. The van der Waals surface area contributed by atoms with Crippen molar-refractivity contribution in [3.63, 3.8) is 0 Å². The summed E-state index contributed by atoms with van der Waals surface area (Å²) < 4.78 is 12.3. The van der Waals surface area contributed by atoms with Gasteiger partial charge in [0, 0.05) is 6.20 Å². The van der Waals surface area contributed by atoms with E-state index in [9.17, 15) is 9.18 Å². The summed E-state index contributed by atoms with van der Waals surface area (Å²) in [5, 5.41) is 0. The van der Waals surface area contributed by atoms with Gasteiger partial charge in [0.25, 0.3) is 0 Å². The molecule has 0 aromatic carbocycles. The Bertz CT molecular complexity index is 312. The van der Waals surface area contributed by atoms with E-state index in [2.05, 4.69) is 9.97 Å². The molecule has 0 aliphatic carbocycles. The Morgan fingerprint density at radius 3 is 2.83 bits per heavy atom. The second-order valence-electron chi connectivity index (χ2n) is 2.47. The number of Topliss-reactive ketones (excluding diaryl/α,β-unsaturated/α-hetero) is 1. The second kappa shape index (κ2) is 3.38. The van der Waals surface area contributed by atoms with Crippen LogP contribution < -0.4 is 0 Å². The van der Waals surface area contributed by atoms with Crippen molar-refractivity contribution < 1.29 is 9.18 Å². The van der Waals surface area contributed by atoms with Gasteiger partial charge in [0.15, 0.2) is 5.78 Å². The molecule has 0 bridgehead atoms. The molecule has 64 valence electrons. The van der Waals surface area contributed by atoms with Crippen molar-refractivity contribution in [3.8, 4) is 0 Å². The highest BCUT2D eigenvalue weighted by molar-refractivity contribution is 5.94. The van der Waals surface area contributed by atoms with Crippen LogP contribution in [0.15, 0.2) is 6.20 Å². The molecule has 0 amide bonds. The fourth-order valence-corrected chi connectivity index (χ4v) is 0.913. The maximum atomic E-state index is 12.3. The number of carbonyl (C=O) groups excluding carboxylic acids is 1. The first-order valence-electron chi connectivity index (χ1n) is 3.54. The molecule has 1 aromatic rings. The molecular formula is C8H9FN2O. The van der Waals surface area contributed by atoms with Crippen molar-refractivity contribution >= 4 is 5.78 Å². The van der Waals surface area contributed by atoms with Gasteiger partial charge < -0.3 is 0 Å². The third kappa shape index (κ3) is 1.64. The summed E-state index contributed by atoms with van der Waals surface area (Å²) in [6, 6.07) is 0. The summed E-state index contributed by atoms with van der Waals surface area (Å²) in [6.07, 6.45) is 1.36. The van der Waals surface area contributed by atoms with Gasteiger partial charge in [0.1, 0.15) is 12.5 Å². The van der Waals surface area contributed by atoms with Gasteiger partial charge >= 0.3 is 0 Å². The Labute approximate surface area is 69.7 Å². The van der Waals surface area contributed by atoms with Crippen LogP contribution in [0.2, 0.25) is 0 Å². The highest BCUT2D eigenvalue weighted by Gasteiger charge is 2.08. The molecular weight excluding hydrogens is 159 g/mol. The zero-order chi connectivity index (χ0) is 9.14. The normalized spacial score (nSPS) is 9.92. The summed E-state index contributed by atoms with van der Waals surface area (Å²) in [5.41, 5.74) is 0.443. The Morgan fingerprint density at radius 2 is 2.33 bits per heavy atom. The minimum Gasteiger partial charge on any atom is -0.294 e. The molecule has 0 atom stereocenters. The van der Waals surface area contributed by atoms with Gasteiger partial charge in [-0.15, -0.1) is 0 Å². The Kier molecular flexibility index (Phi) is 2.47. The summed E-state index contributed by atoms with van der Waals surface area (Å²) in [5.74, 6) is 0.273. The van der Waals surface area contributed by atoms with Crippen LogP contribution in [0.25, 0.3) is 0 Å². The lowest BCUT2D eigenvalue weighted by molar-refractivity contribution is 0.101. The van der Waals surface area contributed by atoms with Crippen LogP contribution in [0.3, 0.4) is 0 Å². The number of hydrogen-bond acceptors (Lipinski definition) is 3. The minimum atomic E-state index is -0.724. The van der Waals surface area contributed by atoms with E-state index in [1.807, 2.05) is 0 Å². The largest absolute Gasteiger partial charge is 0.294 e. The van der Waals surface area contributed by atoms with E-state index in [-0.39, 0.29) is 17.0 Å². The number of alkyl halides is 1. The molecule has 0 saturated carbocycles. The Hall–Kier alpha value is -1.32. The van der Waals surface area contributed by atoms with Crippen molar-refractivity contribution in [1.82, 2.24) is 9.97 Å².